The smallest absolute Gasteiger partial charge is 0.307 e. The molecular formula is C11H17NO3. The highest BCUT2D eigenvalue weighted by molar-refractivity contribution is 5.88. The van der Waals surface area contributed by atoms with Crippen LogP contribution in [0.15, 0.2) is 5.16 Å². The number of hydrogen-bond acceptors (Lipinski definition) is 3. The third-order valence-electron chi connectivity index (χ3n) is 3.23. The van der Waals surface area contributed by atoms with Crippen molar-refractivity contribution in [1.29, 1.82) is 0 Å². The van der Waals surface area contributed by atoms with Gasteiger partial charge in [0.05, 0.1) is 12.1 Å². The van der Waals surface area contributed by atoms with Crippen molar-refractivity contribution >= 4 is 11.7 Å². The van der Waals surface area contributed by atoms with E-state index in [1.165, 1.54) is 32.1 Å². The summed E-state index contributed by atoms with van der Waals surface area (Å²) in [6, 6.07) is 0. The molecule has 1 unspecified atom stereocenters. The molecule has 0 bridgehead atoms. The van der Waals surface area contributed by atoms with Crippen LogP contribution in [0.4, 0.5) is 0 Å². The third-order valence-corrected chi connectivity index (χ3v) is 3.23. The summed E-state index contributed by atoms with van der Waals surface area (Å²) in [4.78, 5) is 15.6. The van der Waals surface area contributed by atoms with E-state index in [2.05, 4.69) is 5.16 Å². The van der Waals surface area contributed by atoms with Crippen molar-refractivity contribution in [2.75, 3.05) is 0 Å². The van der Waals surface area contributed by atoms with Gasteiger partial charge < -0.3 is 9.94 Å². The van der Waals surface area contributed by atoms with Crippen LogP contribution in [-0.2, 0) is 9.63 Å². The van der Waals surface area contributed by atoms with Crippen molar-refractivity contribution in [1.82, 2.24) is 0 Å². The van der Waals surface area contributed by atoms with E-state index in [-0.39, 0.29) is 12.5 Å². The normalized spacial score (nSPS) is 27.2. The SMILES string of the molecule is O=C(O)CC1CC(C2CCCCC2)=NO1. The molecule has 0 aromatic carbocycles. The van der Waals surface area contributed by atoms with Gasteiger partial charge in [-0.3, -0.25) is 4.79 Å². The van der Waals surface area contributed by atoms with E-state index in [1.807, 2.05) is 0 Å². The molecule has 1 heterocycles. The van der Waals surface area contributed by atoms with Crippen molar-refractivity contribution in [3.05, 3.63) is 0 Å². The molecule has 84 valence electrons. The number of oxime groups is 1. The van der Waals surface area contributed by atoms with Crippen molar-refractivity contribution in [3.63, 3.8) is 0 Å². The first-order valence-electron chi connectivity index (χ1n) is 5.70. The van der Waals surface area contributed by atoms with Crippen LogP contribution in [0.1, 0.15) is 44.9 Å². The van der Waals surface area contributed by atoms with Crippen LogP contribution in [0.3, 0.4) is 0 Å². The molecule has 0 radical (unpaired) electrons. The summed E-state index contributed by atoms with van der Waals surface area (Å²) < 4.78 is 0. The average molecular weight is 211 g/mol. The second kappa shape index (κ2) is 4.64. The van der Waals surface area contributed by atoms with Crippen LogP contribution in [-0.4, -0.2) is 22.9 Å². The van der Waals surface area contributed by atoms with Crippen molar-refractivity contribution in [2.45, 2.75) is 51.0 Å². The molecule has 4 nitrogen and oxygen atoms in total. The van der Waals surface area contributed by atoms with Crippen LogP contribution in [0.5, 0.6) is 0 Å². The summed E-state index contributed by atoms with van der Waals surface area (Å²) in [5.74, 6) is -0.252. The first-order chi connectivity index (χ1) is 7.25. The maximum atomic E-state index is 10.5. The molecule has 1 fully saturated rings. The van der Waals surface area contributed by atoms with E-state index in [9.17, 15) is 4.79 Å². The first-order valence-corrected chi connectivity index (χ1v) is 5.70. The van der Waals surface area contributed by atoms with Crippen LogP contribution in [0.25, 0.3) is 0 Å². The predicted octanol–water partition coefficient (Wildman–Crippen LogP) is 2.19. The van der Waals surface area contributed by atoms with Gasteiger partial charge in [0.1, 0.15) is 6.10 Å². The molecule has 1 atom stereocenters. The molecule has 2 aliphatic rings. The molecule has 1 N–H and O–H groups in total. The lowest BCUT2D eigenvalue weighted by atomic mass is 9.84. The minimum absolute atomic E-state index is 0.0692. The van der Waals surface area contributed by atoms with Gasteiger partial charge >= 0.3 is 5.97 Å². The Morgan fingerprint density at radius 3 is 2.80 bits per heavy atom. The molecule has 0 aromatic heterocycles. The Labute approximate surface area is 89.3 Å². The molecule has 2 rings (SSSR count). The zero-order valence-electron chi connectivity index (χ0n) is 8.82. The van der Waals surface area contributed by atoms with E-state index >= 15 is 0 Å². The number of hydrogen-bond donors (Lipinski definition) is 1. The van der Waals surface area contributed by atoms with Crippen molar-refractivity contribution in [2.24, 2.45) is 11.1 Å². The Morgan fingerprint density at radius 1 is 1.40 bits per heavy atom. The molecule has 0 amide bonds. The fraction of sp³-hybridized carbons (Fsp3) is 0.818. The lowest BCUT2D eigenvalue weighted by Gasteiger charge is -2.20. The van der Waals surface area contributed by atoms with Crippen molar-refractivity contribution < 1.29 is 14.7 Å². The largest absolute Gasteiger partial charge is 0.481 e. The Bertz CT molecular complexity index is 269. The minimum Gasteiger partial charge on any atom is -0.481 e. The third kappa shape index (κ3) is 2.70. The maximum absolute atomic E-state index is 10.5. The first kappa shape index (κ1) is 10.5. The number of rotatable bonds is 3. The van der Waals surface area contributed by atoms with Gasteiger partial charge in [-0.1, -0.05) is 24.4 Å². The second-order valence-electron chi connectivity index (χ2n) is 4.45. The van der Waals surface area contributed by atoms with Gasteiger partial charge in [0, 0.05) is 12.3 Å². The Kier molecular flexibility index (Phi) is 3.23. The number of carboxylic acids is 1. The number of carboxylic acid groups (broad SMARTS) is 1. The van der Waals surface area contributed by atoms with Gasteiger partial charge in [0.2, 0.25) is 0 Å². The van der Waals surface area contributed by atoms with E-state index < -0.39 is 5.97 Å². The molecule has 0 saturated heterocycles. The van der Waals surface area contributed by atoms with E-state index in [1.54, 1.807) is 0 Å². The van der Waals surface area contributed by atoms with Crippen LogP contribution < -0.4 is 0 Å². The van der Waals surface area contributed by atoms with E-state index in [4.69, 9.17) is 9.94 Å². The lowest BCUT2D eigenvalue weighted by molar-refractivity contribution is -0.139. The zero-order valence-corrected chi connectivity index (χ0v) is 8.82. The van der Waals surface area contributed by atoms with Crippen LogP contribution >= 0.6 is 0 Å². The predicted molar refractivity (Wildman–Crippen MR) is 55.8 cm³/mol. The molecular weight excluding hydrogens is 194 g/mol. The Balaban J connectivity index is 1.82. The van der Waals surface area contributed by atoms with E-state index in [0.29, 0.717) is 5.92 Å². The summed E-state index contributed by atoms with van der Waals surface area (Å²) in [7, 11) is 0. The Hall–Kier alpha value is -1.06. The standard InChI is InChI=1S/C11H17NO3/c13-11(14)7-9-6-10(12-15-9)8-4-2-1-3-5-8/h8-9H,1-7H2,(H,13,14). The van der Waals surface area contributed by atoms with Gasteiger partial charge in [0.15, 0.2) is 0 Å². The molecule has 4 heteroatoms. The van der Waals surface area contributed by atoms with Crippen LogP contribution in [0, 0.1) is 5.92 Å². The molecule has 1 aliphatic carbocycles. The summed E-state index contributed by atoms with van der Waals surface area (Å²) in [6.45, 7) is 0. The molecule has 1 saturated carbocycles. The van der Waals surface area contributed by atoms with Gasteiger partial charge in [-0.2, -0.15) is 0 Å². The zero-order chi connectivity index (χ0) is 10.7. The molecule has 0 aromatic rings. The fourth-order valence-corrected chi connectivity index (χ4v) is 2.43. The fourth-order valence-electron chi connectivity index (χ4n) is 2.43. The van der Waals surface area contributed by atoms with Gasteiger partial charge in [-0.15, -0.1) is 0 Å². The maximum Gasteiger partial charge on any atom is 0.307 e. The quantitative estimate of drug-likeness (QED) is 0.778. The summed E-state index contributed by atoms with van der Waals surface area (Å²) >= 11 is 0. The molecule has 1 aliphatic heterocycles. The summed E-state index contributed by atoms with van der Waals surface area (Å²) in [5, 5.41) is 12.7. The summed E-state index contributed by atoms with van der Waals surface area (Å²) in [6.07, 6.45) is 6.82. The topological polar surface area (TPSA) is 58.9 Å². The van der Waals surface area contributed by atoms with E-state index in [0.717, 1.165) is 12.1 Å². The highest BCUT2D eigenvalue weighted by atomic mass is 16.6. The van der Waals surface area contributed by atoms with Crippen molar-refractivity contribution in [3.8, 4) is 0 Å². The highest BCUT2D eigenvalue weighted by Crippen LogP contribution is 2.29. The molecule has 0 spiro atoms. The number of carbonyl (C=O) groups is 1. The van der Waals surface area contributed by atoms with Crippen LogP contribution in [0.2, 0.25) is 0 Å². The minimum atomic E-state index is -0.805. The summed E-state index contributed by atoms with van der Waals surface area (Å²) in [5.41, 5.74) is 1.10. The second-order valence-corrected chi connectivity index (χ2v) is 4.45. The number of nitrogens with zero attached hydrogens (tertiary/aromatic N) is 1. The number of aliphatic carboxylic acids is 1. The van der Waals surface area contributed by atoms with Gasteiger partial charge in [0.25, 0.3) is 0 Å². The monoisotopic (exact) mass is 211 g/mol. The Morgan fingerprint density at radius 2 is 2.13 bits per heavy atom. The molecule has 15 heavy (non-hydrogen) atoms. The van der Waals surface area contributed by atoms with Gasteiger partial charge in [-0.05, 0) is 12.8 Å². The van der Waals surface area contributed by atoms with Gasteiger partial charge in [-0.25, -0.2) is 0 Å². The lowest BCUT2D eigenvalue weighted by Crippen LogP contribution is -2.19. The highest BCUT2D eigenvalue weighted by Gasteiger charge is 2.29. The average Bonchev–Trinajstić information content (AvgIpc) is 2.67.